The summed E-state index contributed by atoms with van der Waals surface area (Å²) in [4.78, 5) is 22.0. The number of nitrogens with zero attached hydrogens (tertiary/aromatic N) is 2. The van der Waals surface area contributed by atoms with E-state index in [0.29, 0.717) is 6.04 Å². The molecule has 0 saturated heterocycles. The second kappa shape index (κ2) is 7.54. The van der Waals surface area contributed by atoms with Crippen LogP contribution in [0.25, 0.3) is 20.3 Å². The van der Waals surface area contributed by atoms with Crippen molar-refractivity contribution >= 4 is 43.6 Å². The molecule has 1 aromatic carbocycles. The van der Waals surface area contributed by atoms with Gasteiger partial charge in [-0.25, -0.2) is 14.8 Å². The largest absolute Gasteiger partial charge is 0.444 e. The summed E-state index contributed by atoms with van der Waals surface area (Å²) < 4.78 is 6.59. The molecular weight excluding hydrogens is 372 g/mol. The van der Waals surface area contributed by atoms with E-state index in [1.54, 1.807) is 17.7 Å². The number of thiophene rings is 1. The zero-order valence-corrected chi connectivity index (χ0v) is 17.3. The van der Waals surface area contributed by atoms with Gasteiger partial charge in [-0.1, -0.05) is 18.2 Å². The lowest BCUT2D eigenvalue weighted by atomic mass is 9.91. The van der Waals surface area contributed by atoms with Crippen LogP contribution in [-0.2, 0) is 4.74 Å². The van der Waals surface area contributed by atoms with Crippen LogP contribution in [0, 0.1) is 0 Å². The van der Waals surface area contributed by atoms with Crippen LogP contribution in [0.2, 0.25) is 0 Å². The summed E-state index contributed by atoms with van der Waals surface area (Å²) in [6.45, 7) is 5.64. The normalized spacial score (nSPS) is 20.2. The third kappa shape index (κ3) is 4.19. The molecule has 1 aliphatic carbocycles. The molecule has 28 heavy (non-hydrogen) atoms. The van der Waals surface area contributed by atoms with Gasteiger partial charge >= 0.3 is 6.09 Å². The number of rotatable bonds is 3. The van der Waals surface area contributed by atoms with Gasteiger partial charge in [0.2, 0.25) is 0 Å². The molecule has 3 aromatic rings. The highest BCUT2D eigenvalue weighted by Gasteiger charge is 2.25. The summed E-state index contributed by atoms with van der Waals surface area (Å²) >= 11 is 1.70. The quantitative estimate of drug-likeness (QED) is 0.642. The van der Waals surface area contributed by atoms with Crippen LogP contribution in [0.3, 0.4) is 0 Å². The zero-order valence-electron chi connectivity index (χ0n) is 16.5. The fourth-order valence-corrected chi connectivity index (χ4v) is 4.76. The molecule has 4 rings (SSSR count). The van der Waals surface area contributed by atoms with E-state index in [-0.39, 0.29) is 12.1 Å². The molecular formula is C21H26N4O2S. The number of ether oxygens (including phenoxy) is 1. The fraction of sp³-hybridized carbons (Fsp3) is 0.476. The van der Waals surface area contributed by atoms with Crippen LogP contribution in [-0.4, -0.2) is 33.7 Å². The Labute approximate surface area is 168 Å². The Kier molecular flexibility index (Phi) is 5.10. The molecule has 0 spiro atoms. The van der Waals surface area contributed by atoms with Crippen LogP contribution in [0.15, 0.2) is 30.6 Å². The molecule has 7 heteroatoms. The van der Waals surface area contributed by atoms with Gasteiger partial charge in [-0.15, -0.1) is 11.3 Å². The molecule has 0 radical (unpaired) electrons. The molecule has 0 bridgehead atoms. The number of aromatic nitrogens is 2. The lowest BCUT2D eigenvalue weighted by Gasteiger charge is -2.30. The van der Waals surface area contributed by atoms with Crippen LogP contribution in [0.5, 0.6) is 0 Å². The van der Waals surface area contributed by atoms with E-state index in [4.69, 9.17) is 4.74 Å². The van der Waals surface area contributed by atoms with Gasteiger partial charge in [0.05, 0.1) is 5.39 Å². The summed E-state index contributed by atoms with van der Waals surface area (Å²) in [5, 5.41) is 8.93. The molecule has 2 aromatic heterocycles. The summed E-state index contributed by atoms with van der Waals surface area (Å²) in [6.07, 6.45) is 5.12. The third-order valence-corrected chi connectivity index (χ3v) is 6.04. The third-order valence-electron chi connectivity index (χ3n) is 4.96. The summed E-state index contributed by atoms with van der Waals surface area (Å²) in [7, 11) is 0. The van der Waals surface area contributed by atoms with Gasteiger partial charge in [0.1, 0.15) is 22.6 Å². The van der Waals surface area contributed by atoms with E-state index < -0.39 is 5.60 Å². The molecule has 1 amide bonds. The number of anilines is 1. The van der Waals surface area contributed by atoms with Crippen molar-refractivity contribution in [1.29, 1.82) is 0 Å². The molecule has 1 aliphatic rings. The summed E-state index contributed by atoms with van der Waals surface area (Å²) in [6, 6.07) is 8.87. The smallest absolute Gasteiger partial charge is 0.407 e. The summed E-state index contributed by atoms with van der Waals surface area (Å²) in [5.74, 6) is 0.908. The molecule has 1 fully saturated rings. The number of carbonyl (C=O) groups excluding carboxylic acids is 1. The van der Waals surface area contributed by atoms with Gasteiger partial charge in [-0.2, -0.15) is 0 Å². The van der Waals surface area contributed by atoms with Crippen molar-refractivity contribution < 1.29 is 9.53 Å². The number of fused-ring (bicyclic) bond motifs is 3. The van der Waals surface area contributed by atoms with E-state index in [1.165, 1.54) is 10.1 Å². The molecule has 0 aliphatic heterocycles. The minimum atomic E-state index is -0.468. The minimum Gasteiger partial charge on any atom is -0.444 e. The second-order valence-electron chi connectivity index (χ2n) is 8.34. The number of carbonyl (C=O) groups is 1. The highest BCUT2D eigenvalue weighted by Crippen LogP contribution is 2.36. The first-order valence-electron chi connectivity index (χ1n) is 9.77. The van der Waals surface area contributed by atoms with Gasteiger partial charge in [0.15, 0.2) is 0 Å². The average molecular weight is 399 g/mol. The Balaban J connectivity index is 1.41. The Morgan fingerprint density at radius 2 is 1.82 bits per heavy atom. The molecule has 2 heterocycles. The fourth-order valence-electron chi connectivity index (χ4n) is 3.72. The van der Waals surface area contributed by atoms with Crippen LogP contribution < -0.4 is 10.6 Å². The molecule has 0 atom stereocenters. The second-order valence-corrected chi connectivity index (χ2v) is 9.37. The standard InChI is InChI=1S/C21H26N4O2S/c1-21(2,3)27-20(26)25-14-10-8-13(9-11-14)24-18-17-15-6-4-5-7-16(15)28-19(17)23-12-22-18/h4-7,12-14H,8-11H2,1-3H3,(H,25,26)(H,22,23,24)/t13-,14-. The Hall–Kier alpha value is -2.41. The number of amides is 1. The Morgan fingerprint density at radius 3 is 2.57 bits per heavy atom. The van der Waals surface area contributed by atoms with Crippen molar-refractivity contribution in [3.63, 3.8) is 0 Å². The average Bonchev–Trinajstić information content (AvgIpc) is 3.01. The number of alkyl carbamates (subject to hydrolysis) is 1. The van der Waals surface area contributed by atoms with E-state index in [0.717, 1.165) is 41.7 Å². The van der Waals surface area contributed by atoms with Crippen molar-refractivity contribution in [1.82, 2.24) is 15.3 Å². The van der Waals surface area contributed by atoms with E-state index in [9.17, 15) is 4.79 Å². The van der Waals surface area contributed by atoms with Crippen molar-refractivity contribution in [3.8, 4) is 0 Å². The van der Waals surface area contributed by atoms with Gasteiger partial charge in [-0.05, 0) is 52.5 Å². The Bertz CT molecular complexity index is 987. The van der Waals surface area contributed by atoms with Crippen molar-refractivity contribution in [2.45, 2.75) is 64.1 Å². The molecule has 0 unspecified atom stereocenters. The van der Waals surface area contributed by atoms with E-state index in [2.05, 4.69) is 44.9 Å². The van der Waals surface area contributed by atoms with Crippen LogP contribution in [0.1, 0.15) is 46.5 Å². The Morgan fingerprint density at radius 1 is 1.11 bits per heavy atom. The molecule has 148 valence electrons. The maximum absolute atomic E-state index is 12.0. The topological polar surface area (TPSA) is 76.1 Å². The summed E-state index contributed by atoms with van der Waals surface area (Å²) in [5.41, 5.74) is -0.468. The van der Waals surface area contributed by atoms with Crippen LogP contribution >= 0.6 is 11.3 Å². The number of hydrogen-bond acceptors (Lipinski definition) is 6. The first-order chi connectivity index (χ1) is 13.4. The predicted molar refractivity (Wildman–Crippen MR) is 114 cm³/mol. The van der Waals surface area contributed by atoms with Gasteiger partial charge in [0.25, 0.3) is 0 Å². The van der Waals surface area contributed by atoms with Crippen molar-refractivity contribution in [2.75, 3.05) is 5.32 Å². The molecule has 1 saturated carbocycles. The van der Waals surface area contributed by atoms with E-state index in [1.807, 2.05) is 20.8 Å². The maximum Gasteiger partial charge on any atom is 0.407 e. The van der Waals surface area contributed by atoms with Crippen molar-refractivity contribution in [3.05, 3.63) is 30.6 Å². The lowest BCUT2D eigenvalue weighted by Crippen LogP contribution is -2.42. The number of hydrogen-bond donors (Lipinski definition) is 2. The van der Waals surface area contributed by atoms with Crippen molar-refractivity contribution in [2.24, 2.45) is 0 Å². The highest BCUT2D eigenvalue weighted by molar-refractivity contribution is 7.25. The van der Waals surface area contributed by atoms with E-state index >= 15 is 0 Å². The number of benzene rings is 1. The molecule has 6 nitrogen and oxygen atoms in total. The highest BCUT2D eigenvalue weighted by atomic mass is 32.1. The van der Waals surface area contributed by atoms with Crippen LogP contribution in [0.4, 0.5) is 10.6 Å². The first kappa shape index (κ1) is 18.9. The first-order valence-corrected chi connectivity index (χ1v) is 10.6. The zero-order chi connectivity index (χ0) is 19.7. The molecule has 2 N–H and O–H groups in total. The predicted octanol–water partition coefficient (Wildman–Crippen LogP) is 5.09. The van der Waals surface area contributed by atoms with Gasteiger partial charge in [-0.3, -0.25) is 0 Å². The monoisotopic (exact) mass is 398 g/mol. The minimum absolute atomic E-state index is 0.167. The van der Waals surface area contributed by atoms with Gasteiger partial charge < -0.3 is 15.4 Å². The maximum atomic E-state index is 12.0. The SMILES string of the molecule is CC(C)(C)OC(=O)N[C@H]1CC[C@H](Nc2ncnc3sc4ccccc4c23)CC1. The number of nitrogens with one attached hydrogen (secondary N) is 2. The van der Waals surface area contributed by atoms with Gasteiger partial charge in [0, 0.05) is 22.2 Å². The lowest BCUT2D eigenvalue weighted by molar-refractivity contribution is 0.0492.